The molecule has 0 saturated carbocycles. The molecule has 1 aromatic rings. The van der Waals surface area contributed by atoms with E-state index in [2.05, 4.69) is 17.2 Å². The van der Waals surface area contributed by atoms with Gasteiger partial charge in [-0.15, -0.1) is 0 Å². The van der Waals surface area contributed by atoms with Crippen molar-refractivity contribution in [2.75, 3.05) is 12.4 Å². The molecule has 0 bridgehead atoms. The molecule has 1 aromatic heterocycles. The molecule has 17 heavy (non-hydrogen) atoms. The zero-order valence-electron chi connectivity index (χ0n) is 10.4. The van der Waals surface area contributed by atoms with Crippen molar-refractivity contribution in [3.05, 3.63) is 24.0 Å². The van der Waals surface area contributed by atoms with Crippen LogP contribution in [-0.2, 0) is 4.74 Å². The summed E-state index contributed by atoms with van der Waals surface area (Å²) >= 11 is 0. The zero-order valence-corrected chi connectivity index (χ0v) is 10.4. The summed E-state index contributed by atoms with van der Waals surface area (Å²) in [6, 6.07) is 1.96. The summed E-state index contributed by atoms with van der Waals surface area (Å²) in [7, 11) is 1.87. The van der Waals surface area contributed by atoms with Gasteiger partial charge in [0, 0.05) is 25.2 Å². The van der Waals surface area contributed by atoms with Crippen LogP contribution in [0.15, 0.2) is 18.5 Å². The molecule has 4 nitrogen and oxygen atoms in total. The van der Waals surface area contributed by atoms with Crippen LogP contribution < -0.4 is 5.32 Å². The van der Waals surface area contributed by atoms with E-state index in [9.17, 15) is 5.11 Å². The molecule has 2 rings (SSSR count). The molecule has 94 valence electrons. The maximum Gasteiger partial charge on any atom is 0.0874 e. The molecule has 2 heterocycles. The quantitative estimate of drug-likeness (QED) is 0.844. The topological polar surface area (TPSA) is 54.4 Å². The minimum atomic E-state index is -0.267. The van der Waals surface area contributed by atoms with Gasteiger partial charge in [0.05, 0.1) is 30.2 Å². The third-order valence-corrected chi connectivity index (χ3v) is 3.30. The highest BCUT2D eigenvalue weighted by Gasteiger charge is 2.29. The van der Waals surface area contributed by atoms with Gasteiger partial charge in [0.1, 0.15) is 0 Å². The summed E-state index contributed by atoms with van der Waals surface area (Å²) in [5.74, 6) is 0. The van der Waals surface area contributed by atoms with Crippen molar-refractivity contribution in [2.24, 2.45) is 0 Å². The Labute approximate surface area is 102 Å². The van der Waals surface area contributed by atoms with Gasteiger partial charge in [0.2, 0.25) is 0 Å². The van der Waals surface area contributed by atoms with Crippen molar-refractivity contribution in [3.8, 4) is 0 Å². The second kappa shape index (κ2) is 5.47. The number of hydrogen-bond donors (Lipinski definition) is 2. The van der Waals surface area contributed by atoms with E-state index in [1.807, 2.05) is 13.1 Å². The summed E-state index contributed by atoms with van der Waals surface area (Å²) in [6.07, 6.45) is 5.75. The van der Waals surface area contributed by atoms with Crippen molar-refractivity contribution >= 4 is 5.69 Å². The predicted octanol–water partition coefficient (Wildman–Crippen LogP) is 2.11. The number of rotatable bonds is 3. The fourth-order valence-corrected chi connectivity index (χ4v) is 2.35. The molecule has 2 N–H and O–H groups in total. The minimum absolute atomic E-state index is 0.0332. The van der Waals surface area contributed by atoms with E-state index in [1.54, 1.807) is 12.4 Å². The Kier molecular flexibility index (Phi) is 3.97. The Balaban J connectivity index is 2.20. The predicted molar refractivity (Wildman–Crippen MR) is 66.9 cm³/mol. The number of nitrogens with zero attached hydrogens (tertiary/aromatic N) is 1. The maximum absolute atomic E-state index is 9.89. The molecule has 0 spiro atoms. The molecule has 0 radical (unpaired) electrons. The second-order valence-corrected chi connectivity index (χ2v) is 4.49. The van der Waals surface area contributed by atoms with Crippen LogP contribution in [0.4, 0.5) is 5.69 Å². The summed E-state index contributed by atoms with van der Waals surface area (Å²) in [4.78, 5) is 4.09. The number of anilines is 1. The molecule has 0 amide bonds. The van der Waals surface area contributed by atoms with Crippen LogP contribution in [0.1, 0.15) is 37.9 Å². The molecular formula is C13H20N2O2. The van der Waals surface area contributed by atoms with Gasteiger partial charge in [-0.3, -0.25) is 4.98 Å². The third-order valence-electron chi connectivity index (χ3n) is 3.30. The number of aliphatic hydroxyl groups is 1. The number of aromatic nitrogens is 1. The fraction of sp³-hybridized carbons (Fsp3) is 0.615. The average Bonchev–Trinajstić information content (AvgIpc) is 2.37. The van der Waals surface area contributed by atoms with Gasteiger partial charge in [0.25, 0.3) is 0 Å². The first-order chi connectivity index (χ1) is 8.24. The van der Waals surface area contributed by atoms with Crippen LogP contribution in [0.25, 0.3) is 0 Å². The highest BCUT2D eigenvalue weighted by Crippen LogP contribution is 2.35. The van der Waals surface area contributed by atoms with E-state index in [1.165, 1.54) is 0 Å². The summed E-state index contributed by atoms with van der Waals surface area (Å²) in [5.41, 5.74) is 2.06. The van der Waals surface area contributed by atoms with Gasteiger partial charge in [-0.25, -0.2) is 0 Å². The molecule has 4 heteroatoms. The van der Waals surface area contributed by atoms with Crippen molar-refractivity contribution in [1.82, 2.24) is 4.98 Å². The summed E-state index contributed by atoms with van der Waals surface area (Å²) in [5, 5.41) is 13.0. The van der Waals surface area contributed by atoms with Crippen molar-refractivity contribution in [1.29, 1.82) is 0 Å². The Morgan fingerprint density at radius 3 is 3.06 bits per heavy atom. The number of nitrogens with one attached hydrogen (secondary N) is 1. The molecule has 1 aliphatic heterocycles. The first-order valence-corrected chi connectivity index (χ1v) is 6.19. The lowest BCUT2D eigenvalue weighted by atomic mass is 9.95. The van der Waals surface area contributed by atoms with Crippen LogP contribution in [0.5, 0.6) is 0 Å². The van der Waals surface area contributed by atoms with E-state index in [-0.39, 0.29) is 18.3 Å². The van der Waals surface area contributed by atoms with Crippen molar-refractivity contribution < 1.29 is 9.84 Å². The van der Waals surface area contributed by atoms with E-state index < -0.39 is 0 Å². The molecule has 0 aliphatic carbocycles. The van der Waals surface area contributed by atoms with Crippen LogP contribution in [-0.4, -0.2) is 29.3 Å². The molecule has 1 aliphatic rings. The summed E-state index contributed by atoms with van der Waals surface area (Å²) in [6.45, 7) is 2.09. The molecule has 3 atom stereocenters. The van der Waals surface area contributed by atoms with Crippen molar-refractivity contribution in [2.45, 2.75) is 44.5 Å². The Bertz CT molecular complexity index is 370. The van der Waals surface area contributed by atoms with Crippen LogP contribution in [0.3, 0.4) is 0 Å². The number of aliphatic hydroxyl groups excluding tert-OH is 1. The fourth-order valence-electron chi connectivity index (χ4n) is 2.35. The van der Waals surface area contributed by atoms with Crippen molar-refractivity contribution in [3.63, 3.8) is 0 Å². The van der Waals surface area contributed by atoms with E-state index in [4.69, 9.17) is 4.74 Å². The zero-order chi connectivity index (χ0) is 12.3. The lowest BCUT2D eigenvalue weighted by molar-refractivity contribution is -0.0980. The monoisotopic (exact) mass is 236 g/mol. The van der Waals surface area contributed by atoms with E-state index in [0.717, 1.165) is 24.1 Å². The molecular weight excluding hydrogens is 216 g/mol. The van der Waals surface area contributed by atoms with Gasteiger partial charge >= 0.3 is 0 Å². The normalized spacial score (nSPS) is 29.0. The standard InChI is InChI=1S/C13H20N2O2/c1-3-10-6-9(16)7-13(17-10)11-4-5-15-8-12(11)14-2/h4-5,8-10,13-14,16H,3,6-7H2,1-2H3. The molecule has 3 unspecified atom stereocenters. The van der Waals surface area contributed by atoms with Gasteiger partial charge in [0.15, 0.2) is 0 Å². The second-order valence-electron chi connectivity index (χ2n) is 4.49. The van der Waals surface area contributed by atoms with Crippen LogP contribution >= 0.6 is 0 Å². The average molecular weight is 236 g/mol. The SMILES string of the molecule is CCC1CC(O)CC(c2ccncc2NC)O1. The third kappa shape index (κ3) is 2.76. The Morgan fingerprint density at radius 2 is 2.35 bits per heavy atom. The first-order valence-electron chi connectivity index (χ1n) is 6.19. The van der Waals surface area contributed by atoms with Gasteiger partial charge in [-0.2, -0.15) is 0 Å². The molecule has 1 saturated heterocycles. The molecule has 1 fully saturated rings. The van der Waals surface area contributed by atoms with Crippen LogP contribution in [0, 0.1) is 0 Å². The molecule has 0 aromatic carbocycles. The maximum atomic E-state index is 9.89. The minimum Gasteiger partial charge on any atom is -0.393 e. The lowest BCUT2D eigenvalue weighted by Crippen LogP contribution is -2.31. The van der Waals surface area contributed by atoms with Gasteiger partial charge in [-0.1, -0.05) is 6.92 Å². The lowest BCUT2D eigenvalue weighted by Gasteiger charge is -2.33. The smallest absolute Gasteiger partial charge is 0.0874 e. The van der Waals surface area contributed by atoms with Gasteiger partial charge in [-0.05, 0) is 18.9 Å². The number of hydrogen-bond acceptors (Lipinski definition) is 4. The van der Waals surface area contributed by atoms with Gasteiger partial charge < -0.3 is 15.2 Å². The Hall–Kier alpha value is -1.13. The van der Waals surface area contributed by atoms with E-state index in [0.29, 0.717) is 6.42 Å². The first kappa shape index (κ1) is 12.3. The number of pyridine rings is 1. The van der Waals surface area contributed by atoms with Crippen LogP contribution in [0.2, 0.25) is 0 Å². The highest BCUT2D eigenvalue weighted by molar-refractivity contribution is 5.49. The van der Waals surface area contributed by atoms with E-state index >= 15 is 0 Å². The Morgan fingerprint density at radius 1 is 1.53 bits per heavy atom. The highest BCUT2D eigenvalue weighted by atomic mass is 16.5. The largest absolute Gasteiger partial charge is 0.393 e. The summed E-state index contributed by atoms with van der Waals surface area (Å²) < 4.78 is 6.01. The number of ether oxygens (including phenoxy) is 1.